The summed E-state index contributed by atoms with van der Waals surface area (Å²) in [6.45, 7) is 2.25. The summed E-state index contributed by atoms with van der Waals surface area (Å²) in [5.74, 6) is 0. The van der Waals surface area contributed by atoms with Crippen molar-refractivity contribution in [1.82, 2.24) is 0 Å². The molecule has 0 bridgehead atoms. The first kappa shape index (κ1) is 18.8. The van der Waals surface area contributed by atoms with Crippen LogP contribution in [0.3, 0.4) is 0 Å². The molecule has 0 aromatic heterocycles. The van der Waals surface area contributed by atoms with Crippen LogP contribution in [0.2, 0.25) is 10.0 Å². The average Bonchev–Trinajstić information content (AvgIpc) is 2.48. The highest BCUT2D eigenvalue weighted by Crippen LogP contribution is 2.32. The minimum Gasteiger partial charge on any atom is -0.388 e. The van der Waals surface area contributed by atoms with Crippen molar-refractivity contribution in [3.63, 3.8) is 0 Å². The van der Waals surface area contributed by atoms with Gasteiger partial charge in [0.2, 0.25) is 0 Å². The van der Waals surface area contributed by atoms with Crippen LogP contribution in [0.4, 0.5) is 0 Å². The van der Waals surface area contributed by atoms with Crippen LogP contribution in [0.25, 0.3) is 0 Å². The van der Waals surface area contributed by atoms with Crippen molar-refractivity contribution in [2.75, 3.05) is 0 Å². The van der Waals surface area contributed by atoms with E-state index in [0.29, 0.717) is 10.0 Å². The van der Waals surface area contributed by atoms with Crippen molar-refractivity contribution in [2.24, 2.45) is 0 Å². The quantitative estimate of drug-likeness (QED) is 0.435. The third-order valence-corrected chi connectivity index (χ3v) is 4.76. The number of aliphatic hydroxyl groups excluding tert-OH is 1. The minimum atomic E-state index is -0.499. The molecule has 21 heavy (non-hydrogen) atoms. The number of halogens is 2. The molecule has 3 heteroatoms. The molecule has 0 amide bonds. The van der Waals surface area contributed by atoms with Gasteiger partial charge < -0.3 is 5.11 Å². The van der Waals surface area contributed by atoms with Gasteiger partial charge in [0.05, 0.1) is 16.1 Å². The van der Waals surface area contributed by atoms with Gasteiger partial charge in [-0.1, -0.05) is 100 Å². The van der Waals surface area contributed by atoms with Crippen molar-refractivity contribution in [2.45, 2.75) is 77.2 Å². The second kappa shape index (κ2) is 11.3. The Labute approximate surface area is 139 Å². The van der Waals surface area contributed by atoms with E-state index in [0.717, 1.165) is 18.4 Å². The molecule has 1 atom stereocenters. The molecule has 0 aliphatic carbocycles. The molecule has 1 aromatic rings. The number of rotatable bonds is 11. The van der Waals surface area contributed by atoms with Gasteiger partial charge in [0.1, 0.15) is 0 Å². The Kier molecular flexibility index (Phi) is 10.2. The molecule has 1 N–H and O–H groups in total. The molecule has 1 aromatic carbocycles. The fourth-order valence-electron chi connectivity index (χ4n) is 2.58. The monoisotopic (exact) mass is 330 g/mol. The van der Waals surface area contributed by atoms with E-state index in [2.05, 4.69) is 6.92 Å². The summed E-state index contributed by atoms with van der Waals surface area (Å²) < 4.78 is 0. The first-order chi connectivity index (χ1) is 10.2. The maximum atomic E-state index is 10.2. The van der Waals surface area contributed by atoms with Gasteiger partial charge >= 0.3 is 0 Å². The van der Waals surface area contributed by atoms with Crippen LogP contribution in [0.5, 0.6) is 0 Å². The predicted molar refractivity (Wildman–Crippen MR) is 93.3 cm³/mol. The van der Waals surface area contributed by atoms with Gasteiger partial charge in [0, 0.05) is 5.56 Å². The Morgan fingerprint density at radius 3 is 2.10 bits per heavy atom. The summed E-state index contributed by atoms with van der Waals surface area (Å²) in [6, 6.07) is 5.44. The molecule has 0 spiro atoms. The number of benzene rings is 1. The van der Waals surface area contributed by atoms with Crippen LogP contribution < -0.4 is 0 Å². The van der Waals surface area contributed by atoms with Crippen molar-refractivity contribution < 1.29 is 5.11 Å². The lowest BCUT2D eigenvalue weighted by molar-refractivity contribution is 0.163. The minimum absolute atomic E-state index is 0.489. The Morgan fingerprint density at radius 2 is 1.48 bits per heavy atom. The molecule has 0 saturated carbocycles. The summed E-state index contributed by atoms with van der Waals surface area (Å²) >= 11 is 12.1. The maximum absolute atomic E-state index is 10.2. The predicted octanol–water partition coefficient (Wildman–Crippen LogP) is 6.95. The zero-order valence-corrected chi connectivity index (χ0v) is 14.6. The van der Waals surface area contributed by atoms with Crippen LogP contribution in [0.1, 0.15) is 82.8 Å². The van der Waals surface area contributed by atoms with E-state index in [9.17, 15) is 5.11 Å². The zero-order chi connectivity index (χ0) is 15.5. The average molecular weight is 331 g/mol. The molecule has 1 nitrogen and oxygen atoms in total. The second-order valence-electron chi connectivity index (χ2n) is 5.78. The van der Waals surface area contributed by atoms with E-state index in [1.165, 1.54) is 51.4 Å². The number of hydrogen-bond donors (Lipinski definition) is 1. The molecular formula is C18H28Cl2O. The summed E-state index contributed by atoms with van der Waals surface area (Å²) in [6.07, 6.45) is 11.8. The molecule has 0 saturated heterocycles. The van der Waals surface area contributed by atoms with Gasteiger partial charge in [-0.3, -0.25) is 0 Å². The SMILES string of the molecule is CCCCCCCCCCCC(O)c1cccc(Cl)c1Cl. The third-order valence-electron chi connectivity index (χ3n) is 3.92. The van der Waals surface area contributed by atoms with Crippen LogP contribution in [-0.2, 0) is 0 Å². The Morgan fingerprint density at radius 1 is 0.905 bits per heavy atom. The molecule has 1 rings (SSSR count). The molecule has 0 radical (unpaired) electrons. The smallest absolute Gasteiger partial charge is 0.0805 e. The first-order valence-corrected chi connectivity index (χ1v) is 9.04. The highest BCUT2D eigenvalue weighted by atomic mass is 35.5. The highest BCUT2D eigenvalue weighted by molar-refractivity contribution is 6.42. The summed E-state index contributed by atoms with van der Waals surface area (Å²) in [5, 5.41) is 11.2. The van der Waals surface area contributed by atoms with Crippen LogP contribution >= 0.6 is 23.2 Å². The van der Waals surface area contributed by atoms with E-state index in [4.69, 9.17) is 23.2 Å². The lowest BCUT2D eigenvalue weighted by Gasteiger charge is -2.13. The van der Waals surface area contributed by atoms with Crippen molar-refractivity contribution in [1.29, 1.82) is 0 Å². The topological polar surface area (TPSA) is 20.2 Å². The zero-order valence-electron chi connectivity index (χ0n) is 13.1. The number of unbranched alkanes of at least 4 members (excludes halogenated alkanes) is 8. The third kappa shape index (κ3) is 7.54. The van der Waals surface area contributed by atoms with Crippen LogP contribution in [0.15, 0.2) is 18.2 Å². The normalized spacial score (nSPS) is 12.6. The Bertz CT molecular complexity index is 393. The van der Waals surface area contributed by atoms with Crippen LogP contribution in [0, 0.1) is 0 Å². The van der Waals surface area contributed by atoms with Crippen LogP contribution in [-0.4, -0.2) is 5.11 Å². The fourth-order valence-corrected chi connectivity index (χ4v) is 3.02. The van der Waals surface area contributed by atoms with Crippen molar-refractivity contribution in [3.05, 3.63) is 33.8 Å². The van der Waals surface area contributed by atoms with Gasteiger partial charge in [-0.2, -0.15) is 0 Å². The lowest BCUT2D eigenvalue weighted by atomic mass is 10.0. The largest absolute Gasteiger partial charge is 0.388 e. The second-order valence-corrected chi connectivity index (χ2v) is 6.56. The fraction of sp³-hybridized carbons (Fsp3) is 0.667. The first-order valence-electron chi connectivity index (χ1n) is 8.28. The van der Waals surface area contributed by atoms with Gasteiger partial charge in [0.15, 0.2) is 0 Å². The van der Waals surface area contributed by atoms with Gasteiger partial charge in [0.25, 0.3) is 0 Å². The van der Waals surface area contributed by atoms with Gasteiger partial charge in [-0.25, -0.2) is 0 Å². The molecular weight excluding hydrogens is 303 g/mol. The summed E-state index contributed by atoms with van der Waals surface area (Å²) in [5.41, 5.74) is 0.753. The highest BCUT2D eigenvalue weighted by Gasteiger charge is 2.12. The van der Waals surface area contributed by atoms with Gasteiger partial charge in [-0.15, -0.1) is 0 Å². The summed E-state index contributed by atoms with van der Waals surface area (Å²) in [4.78, 5) is 0. The summed E-state index contributed by atoms with van der Waals surface area (Å²) in [7, 11) is 0. The molecule has 0 aliphatic rings. The molecule has 0 fully saturated rings. The Hall–Kier alpha value is -0.240. The maximum Gasteiger partial charge on any atom is 0.0805 e. The lowest BCUT2D eigenvalue weighted by Crippen LogP contribution is -1.98. The van der Waals surface area contributed by atoms with E-state index >= 15 is 0 Å². The molecule has 0 heterocycles. The van der Waals surface area contributed by atoms with E-state index < -0.39 is 6.10 Å². The van der Waals surface area contributed by atoms with Gasteiger partial charge in [-0.05, 0) is 12.5 Å². The Balaban J connectivity index is 2.11. The molecule has 1 unspecified atom stereocenters. The number of hydrogen-bond acceptors (Lipinski definition) is 1. The van der Waals surface area contributed by atoms with Crippen molar-refractivity contribution in [3.8, 4) is 0 Å². The standard InChI is InChI=1S/C18H28Cl2O/c1-2-3-4-5-6-7-8-9-10-14-17(21)15-12-11-13-16(19)18(15)20/h11-13,17,21H,2-10,14H2,1H3. The van der Waals surface area contributed by atoms with E-state index in [-0.39, 0.29) is 0 Å². The molecule has 0 aliphatic heterocycles. The molecule has 120 valence electrons. The van der Waals surface area contributed by atoms with E-state index in [1.54, 1.807) is 6.07 Å². The number of aliphatic hydroxyl groups is 1. The van der Waals surface area contributed by atoms with E-state index in [1.807, 2.05) is 12.1 Å². The van der Waals surface area contributed by atoms with Crippen molar-refractivity contribution >= 4 is 23.2 Å².